The molecule has 0 spiro atoms. The lowest BCUT2D eigenvalue weighted by Gasteiger charge is -2.03. The molecule has 7 nitrogen and oxygen atoms in total. The summed E-state index contributed by atoms with van der Waals surface area (Å²) in [5.41, 5.74) is 1.68. The number of aromatic nitrogens is 4. The van der Waals surface area contributed by atoms with E-state index in [4.69, 9.17) is 8.83 Å². The molecule has 4 aromatic rings. The fraction of sp³-hybridized carbons (Fsp3) is 0.158. The van der Waals surface area contributed by atoms with Crippen molar-refractivity contribution in [3.63, 3.8) is 0 Å². The molecule has 0 fully saturated rings. The Balaban J connectivity index is 1.34. The summed E-state index contributed by atoms with van der Waals surface area (Å²) in [7, 11) is 0. The first-order valence-corrected chi connectivity index (χ1v) is 9.51. The summed E-state index contributed by atoms with van der Waals surface area (Å²) in [4.78, 5) is 0. The van der Waals surface area contributed by atoms with Gasteiger partial charge in [-0.1, -0.05) is 42.1 Å². The molecule has 2 heterocycles. The van der Waals surface area contributed by atoms with E-state index in [-0.39, 0.29) is 11.6 Å². The zero-order chi connectivity index (χ0) is 20.1. The Morgan fingerprint density at radius 1 is 0.862 bits per heavy atom. The molecule has 2 aromatic carbocycles. The lowest BCUT2D eigenvalue weighted by Crippen LogP contribution is -2.01. The Morgan fingerprint density at radius 2 is 1.62 bits per heavy atom. The van der Waals surface area contributed by atoms with Gasteiger partial charge in [-0.3, -0.25) is 0 Å². The minimum Gasteiger partial charge on any atom is -0.435 e. The zero-order valence-electron chi connectivity index (χ0n) is 14.9. The molecule has 0 unspecified atom stereocenters. The molecule has 0 atom stereocenters. The van der Waals surface area contributed by atoms with Gasteiger partial charge in [0.2, 0.25) is 17.7 Å². The standard InChI is InChI=1S/C19H14F2N4O3S/c20-18(21)26-14-8-6-13(7-9-14)17-24-25-19(28-17)29-11-16-23-22-15(27-16)10-12-4-2-1-3-5-12/h1-9,18H,10-11H2. The van der Waals surface area contributed by atoms with Gasteiger partial charge in [0.25, 0.3) is 5.22 Å². The highest BCUT2D eigenvalue weighted by molar-refractivity contribution is 7.98. The van der Waals surface area contributed by atoms with E-state index in [1.54, 1.807) is 12.1 Å². The van der Waals surface area contributed by atoms with Crippen LogP contribution in [0.4, 0.5) is 8.78 Å². The number of rotatable bonds is 8. The van der Waals surface area contributed by atoms with E-state index in [2.05, 4.69) is 25.1 Å². The first-order chi connectivity index (χ1) is 14.2. The highest BCUT2D eigenvalue weighted by Gasteiger charge is 2.13. The number of halogens is 2. The average molecular weight is 416 g/mol. The minimum atomic E-state index is -2.87. The van der Waals surface area contributed by atoms with Crippen LogP contribution in [-0.4, -0.2) is 27.0 Å². The molecule has 0 aliphatic heterocycles. The fourth-order valence-corrected chi connectivity index (χ4v) is 3.08. The topological polar surface area (TPSA) is 87.1 Å². The molecule has 0 N–H and O–H groups in total. The van der Waals surface area contributed by atoms with Crippen LogP contribution in [-0.2, 0) is 12.2 Å². The van der Waals surface area contributed by atoms with Crippen molar-refractivity contribution in [2.45, 2.75) is 24.0 Å². The second kappa shape index (κ2) is 8.82. The van der Waals surface area contributed by atoms with Gasteiger partial charge in [-0.2, -0.15) is 8.78 Å². The van der Waals surface area contributed by atoms with Crippen molar-refractivity contribution in [3.05, 3.63) is 71.9 Å². The van der Waals surface area contributed by atoms with Crippen molar-refractivity contribution in [1.82, 2.24) is 20.4 Å². The van der Waals surface area contributed by atoms with Crippen LogP contribution in [0.1, 0.15) is 17.3 Å². The summed E-state index contributed by atoms with van der Waals surface area (Å²) in [6.07, 6.45) is 0.564. The van der Waals surface area contributed by atoms with E-state index >= 15 is 0 Å². The van der Waals surface area contributed by atoms with Crippen molar-refractivity contribution in [1.29, 1.82) is 0 Å². The zero-order valence-corrected chi connectivity index (χ0v) is 15.7. The second-order valence-corrected chi connectivity index (χ2v) is 6.74. The van der Waals surface area contributed by atoms with E-state index in [9.17, 15) is 8.78 Å². The number of alkyl halides is 2. The van der Waals surface area contributed by atoms with Gasteiger partial charge in [0, 0.05) is 5.56 Å². The number of benzene rings is 2. The highest BCUT2D eigenvalue weighted by atomic mass is 32.2. The Hall–Kier alpha value is -3.27. The maximum atomic E-state index is 12.2. The fourth-order valence-electron chi connectivity index (χ4n) is 2.48. The SMILES string of the molecule is FC(F)Oc1ccc(-c2nnc(SCc3nnc(Cc4ccccc4)o3)o2)cc1. The lowest BCUT2D eigenvalue weighted by atomic mass is 10.2. The van der Waals surface area contributed by atoms with Gasteiger partial charge in [-0.25, -0.2) is 0 Å². The molecule has 148 valence electrons. The van der Waals surface area contributed by atoms with E-state index in [1.165, 1.54) is 23.9 Å². The number of ether oxygens (including phenoxy) is 1. The van der Waals surface area contributed by atoms with Gasteiger partial charge in [0.1, 0.15) is 5.75 Å². The maximum Gasteiger partial charge on any atom is 0.387 e. The molecule has 0 bridgehead atoms. The monoisotopic (exact) mass is 416 g/mol. The molecule has 0 aliphatic carbocycles. The maximum absolute atomic E-state index is 12.2. The van der Waals surface area contributed by atoms with E-state index in [0.29, 0.717) is 34.7 Å². The lowest BCUT2D eigenvalue weighted by molar-refractivity contribution is -0.0498. The van der Waals surface area contributed by atoms with Crippen LogP contribution in [0.2, 0.25) is 0 Å². The smallest absolute Gasteiger partial charge is 0.387 e. The quantitative estimate of drug-likeness (QED) is 0.385. The molecule has 10 heteroatoms. The van der Waals surface area contributed by atoms with E-state index in [1.807, 2.05) is 30.3 Å². The Labute approximate surface area is 168 Å². The van der Waals surface area contributed by atoms with Crippen molar-refractivity contribution < 1.29 is 22.4 Å². The highest BCUT2D eigenvalue weighted by Crippen LogP contribution is 2.27. The predicted octanol–water partition coefficient (Wildman–Crippen LogP) is 4.60. The number of hydrogen-bond acceptors (Lipinski definition) is 8. The summed E-state index contributed by atoms with van der Waals surface area (Å²) in [5.74, 6) is 1.69. The molecular weight excluding hydrogens is 402 g/mol. The van der Waals surface area contributed by atoms with Crippen molar-refractivity contribution >= 4 is 11.8 Å². The van der Waals surface area contributed by atoms with E-state index in [0.717, 1.165) is 5.56 Å². The summed E-state index contributed by atoms with van der Waals surface area (Å²) >= 11 is 1.26. The third-order valence-corrected chi connectivity index (χ3v) is 4.56. The van der Waals surface area contributed by atoms with Gasteiger partial charge < -0.3 is 13.6 Å². The van der Waals surface area contributed by atoms with Crippen LogP contribution in [0.15, 0.2) is 68.7 Å². The average Bonchev–Trinajstić information content (AvgIpc) is 3.37. The van der Waals surface area contributed by atoms with E-state index < -0.39 is 6.61 Å². The van der Waals surface area contributed by atoms with Gasteiger partial charge >= 0.3 is 6.61 Å². The Kier molecular flexibility index (Phi) is 5.80. The first kappa shape index (κ1) is 19.1. The molecule has 29 heavy (non-hydrogen) atoms. The predicted molar refractivity (Wildman–Crippen MR) is 99.5 cm³/mol. The summed E-state index contributed by atoms with van der Waals surface area (Å²) in [6.45, 7) is -2.87. The molecule has 0 amide bonds. The van der Waals surface area contributed by atoms with Crippen LogP contribution in [0.25, 0.3) is 11.5 Å². The molecular formula is C19H14F2N4O3S. The Morgan fingerprint density at radius 3 is 2.38 bits per heavy atom. The molecule has 2 aromatic heterocycles. The van der Waals surface area contributed by atoms with Crippen LogP contribution in [0.5, 0.6) is 5.75 Å². The number of nitrogens with zero attached hydrogens (tertiary/aromatic N) is 4. The van der Waals surface area contributed by atoms with Gasteiger partial charge in [0.15, 0.2) is 0 Å². The third kappa shape index (κ3) is 5.17. The van der Waals surface area contributed by atoms with Gasteiger partial charge in [-0.15, -0.1) is 20.4 Å². The first-order valence-electron chi connectivity index (χ1n) is 8.52. The van der Waals surface area contributed by atoms with Crippen LogP contribution in [0, 0.1) is 0 Å². The number of hydrogen-bond donors (Lipinski definition) is 0. The normalized spacial score (nSPS) is 11.1. The second-order valence-electron chi connectivity index (χ2n) is 5.82. The van der Waals surface area contributed by atoms with Crippen molar-refractivity contribution in [2.75, 3.05) is 0 Å². The minimum absolute atomic E-state index is 0.0561. The molecule has 0 aliphatic rings. The van der Waals surface area contributed by atoms with Crippen LogP contribution >= 0.6 is 11.8 Å². The largest absolute Gasteiger partial charge is 0.435 e. The van der Waals surface area contributed by atoms with Gasteiger partial charge in [0.05, 0.1) is 12.2 Å². The summed E-state index contributed by atoms with van der Waals surface area (Å²) in [6, 6.07) is 15.8. The molecule has 0 radical (unpaired) electrons. The van der Waals surface area contributed by atoms with Crippen LogP contribution in [0.3, 0.4) is 0 Å². The third-order valence-electron chi connectivity index (χ3n) is 3.76. The molecule has 4 rings (SSSR count). The number of thioether (sulfide) groups is 1. The summed E-state index contributed by atoms with van der Waals surface area (Å²) in [5, 5.41) is 16.3. The summed E-state index contributed by atoms with van der Waals surface area (Å²) < 4.78 is 39.9. The van der Waals surface area contributed by atoms with Gasteiger partial charge in [-0.05, 0) is 29.8 Å². The van der Waals surface area contributed by atoms with Crippen molar-refractivity contribution in [2.24, 2.45) is 0 Å². The van der Waals surface area contributed by atoms with Crippen molar-refractivity contribution in [3.8, 4) is 17.2 Å². The Bertz CT molecular complexity index is 1050. The van der Waals surface area contributed by atoms with Crippen LogP contribution < -0.4 is 4.74 Å². The molecule has 0 saturated carbocycles. The molecule has 0 saturated heterocycles.